The molecule has 3 heterocycles. The average Bonchev–Trinajstić information content (AvgIpc) is 3.07. The third-order valence-electron chi connectivity index (χ3n) is 4.98. The van der Waals surface area contributed by atoms with E-state index in [1.165, 1.54) is 11.3 Å². The lowest BCUT2D eigenvalue weighted by atomic mass is 10.2. The highest BCUT2D eigenvalue weighted by Crippen LogP contribution is 2.36. The summed E-state index contributed by atoms with van der Waals surface area (Å²) in [6.07, 6.45) is 3.76. The van der Waals surface area contributed by atoms with Gasteiger partial charge in [0.25, 0.3) is 0 Å². The van der Waals surface area contributed by atoms with E-state index in [1.54, 1.807) is 4.90 Å². The lowest BCUT2D eigenvalue weighted by Gasteiger charge is -2.10. The van der Waals surface area contributed by atoms with Crippen molar-refractivity contribution in [3.63, 3.8) is 0 Å². The zero-order valence-corrected chi connectivity index (χ0v) is 16.4. The van der Waals surface area contributed by atoms with Gasteiger partial charge in [0, 0.05) is 29.6 Å². The molecule has 0 radical (unpaired) electrons. The molecule has 2 aliphatic rings. The molecule has 1 aromatic carbocycles. The molecule has 3 aromatic rings. The van der Waals surface area contributed by atoms with Crippen LogP contribution in [0.2, 0.25) is 0 Å². The highest BCUT2D eigenvalue weighted by molar-refractivity contribution is 7.14. The Bertz CT molecular complexity index is 1070. The Morgan fingerprint density at radius 3 is 3.00 bits per heavy atom. The highest BCUT2D eigenvalue weighted by Gasteiger charge is 2.28. The molecular weight excluding hydrogens is 390 g/mol. The Kier molecular flexibility index (Phi) is 4.55. The minimum Gasteiger partial charge on any atom is -0.326 e. The third-order valence-corrected chi connectivity index (χ3v) is 5.89. The Morgan fingerprint density at radius 2 is 2.21 bits per heavy atom. The van der Waals surface area contributed by atoms with E-state index in [0.717, 1.165) is 24.8 Å². The number of rotatable bonds is 6. The molecule has 9 nitrogen and oxygen atoms in total. The summed E-state index contributed by atoms with van der Waals surface area (Å²) >= 11 is 1.40. The van der Waals surface area contributed by atoms with Gasteiger partial charge in [-0.25, -0.2) is 9.67 Å². The van der Waals surface area contributed by atoms with Crippen molar-refractivity contribution in [2.45, 2.75) is 38.1 Å². The maximum Gasteiger partial charge on any atom is 0.230 e. The molecule has 1 saturated heterocycles. The average molecular weight is 409 g/mol. The molecule has 1 N–H and O–H groups in total. The summed E-state index contributed by atoms with van der Waals surface area (Å²) in [7, 11) is 0. The largest absolute Gasteiger partial charge is 0.326 e. The first kappa shape index (κ1) is 17.9. The van der Waals surface area contributed by atoms with Crippen molar-refractivity contribution in [1.82, 2.24) is 25.2 Å². The van der Waals surface area contributed by atoms with E-state index >= 15 is 0 Å². The standard InChI is InChI=1S/C19H19N7O2S/c27-16(10-14-11-29-19(21-14)25-8-2-5-17(25)28)20-13-4-1-3-12(9-13)18-22-23-24-26(18)15-6-7-15/h1,3-4,9,11,15H,2,5-8,10H2,(H,20,27). The second-order valence-corrected chi connectivity index (χ2v) is 8.09. The lowest BCUT2D eigenvalue weighted by Crippen LogP contribution is -2.23. The summed E-state index contributed by atoms with van der Waals surface area (Å²) < 4.78 is 1.84. The molecule has 1 saturated carbocycles. The van der Waals surface area contributed by atoms with Gasteiger partial charge in [-0.1, -0.05) is 12.1 Å². The molecule has 0 unspecified atom stereocenters. The number of carbonyl (C=O) groups is 2. The molecule has 10 heteroatoms. The summed E-state index contributed by atoms with van der Waals surface area (Å²) in [6, 6.07) is 7.89. The number of tetrazole rings is 1. The Labute approximate surface area is 170 Å². The summed E-state index contributed by atoms with van der Waals surface area (Å²) in [5, 5.41) is 17.4. The monoisotopic (exact) mass is 409 g/mol. The minimum absolute atomic E-state index is 0.0979. The van der Waals surface area contributed by atoms with Crippen molar-refractivity contribution < 1.29 is 9.59 Å². The van der Waals surface area contributed by atoms with Crippen molar-refractivity contribution in [3.8, 4) is 11.4 Å². The molecule has 29 heavy (non-hydrogen) atoms. The van der Waals surface area contributed by atoms with Crippen LogP contribution >= 0.6 is 11.3 Å². The summed E-state index contributed by atoms with van der Waals surface area (Å²) in [5.41, 5.74) is 2.21. The van der Waals surface area contributed by atoms with Gasteiger partial charge in [0.1, 0.15) is 0 Å². The normalized spacial score (nSPS) is 16.4. The first-order chi connectivity index (χ1) is 14.2. The molecule has 1 aliphatic carbocycles. The lowest BCUT2D eigenvalue weighted by molar-refractivity contribution is -0.117. The van der Waals surface area contributed by atoms with Crippen LogP contribution in [0.15, 0.2) is 29.6 Å². The van der Waals surface area contributed by atoms with Crippen LogP contribution in [0.1, 0.15) is 37.4 Å². The number of carbonyl (C=O) groups excluding carboxylic acids is 2. The fourth-order valence-corrected chi connectivity index (χ4v) is 4.27. The second kappa shape index (κ2) is 7.36. The molecule has 2 fully saturated rings. The predicted octanol–water partition coefficient (Wildman–Crippen LogP) is 2.44. The number of nitrogens with one attached hydrogen (secondary N) is 1. The van der Waals surface area contributed by atoms with Crippen molar-refractivity contribution in [1.29, 1.82) is 0 Å². The zero-order chi connectivity index (χ0) is 19.8. The van der Waals surface area contributed by atoms with Crippen molar-refractivity contribution in [2.24, 2.45) is 0 Å². The minimum atomic E-state index is -0.159. The SMILES string of the molecule is O=C(Cc1csc(N2CCCC2=O)n1)Nc1cccc(-c2nnnn2C2CC2)c1. The highest BCUT2D eigenvalue weighted by atomic mass is 32.1. The fraction of sp³-hybridized carbons (Fsp3) is 0.368. The van der Waals surface area contributed by atoms with Crippen LogP contribution < -0.4 is 10.2 Å². The zero-order valence-electron chi connectivity index (χ0n) is 15.6. The van der Waals surface area contributed by atoms with Crippen LogP contribution in [-0.2, 0) is 16.0 Å². The van der Waals surface area contributed by atoms with Crippen molar-refractivity contribution in [3.05, 3.63) is 35.3 Å². The summed E-state index contributed by atoms with van der Waals surface area (Å²) in [4.78, 5) is 30.5. The van der Waals surface area contributed by atoms with Crippen LogP contribution in [0.4, 0.5) is 10.8 Å². The first-order valence-corrected chi connectivity index (χ1v) is 10.5. The van der Waals surface area contributed by atoms with Gasteiger partial charge in [-0.05, 0) is 41.8 Å². The van der Waals surface area contributed by atoms with E-state index in [0.29, 0.717) is 41.3 Å². The van der Waals surface area contributed by atoms with E-state index < -0.39 is 0 Å². The number of hydrogen-bond donors (Lipinski definition) is 1. The second-order valence-electron chi connectivity index (χ2n) is 7.25. The number of hydrogen-bond acceptors (Lipinski definition) is 7. The molecule has 0 bridgehead atoms. The Morgan fingerprint density at radius 1 is 1.31 bits per heavy atom. The molecule has 148 valence electrons. The van der Waals surface area contributed by atoms with Gasteiger partial charge < -0.3 is 5.32 Å². The molecule has 1 aliphatic heterocycles. The Balaban J connectivity index is 1.26. The van der Waals surface area contributed by atoms with Crippen LogP contribution in [0.3, 0.4) is 0 Å². The molecular formula is C19H19N7O2S. The maximum atomic E-state index is 12.5. The Hall–Kier alpha value is -3.14. The van der Waals surface area contributed by atoms with Gasteiger partial charge in [0.2, 0.25) is 11.8 Å². The molecule has 5 rings (SSSR count). The maximum absolute atomic E-state index is 12.5. The number of thiazole rings is 1. The molecule has 2 aromatic heterocycles. The number of anilines is 2. The van der Waals surface area contributed by atoms with Gasteiger partial charge in [0.15, 0.2) is 11.0 Å². The number of nitrogens with zero attached hydrogens (tertiary/aromatic N) is 6. The van der Waals surface area contributed by atoms with Crippen LogP contribution in [0.25, 0.3) is 11.4 Å². The van der Waals surface area contributed by atoms with Gasteiger partial charge in [-0.3, -0.25) is 14.5 Å². The molecule has 0 spiro atoms. The van der Waals surface area contributed by atoms with E-state index in [2.05, 4.69) is 25.8 Å². The fourth-order valence-electron chi connectivity index (χ4n) is 3.41. The molecule has 0 atom stereocenters. The summed E-state index contributed by atoms with van der Waals surface area (Å²) in [6.45, 7) is 0.700. The van der Waals surface area contributed by atoms with Gasteiger partial charge in [-0.2, -0.15) is 0 Å². The first-order valence-electron chi connectivity index (χ1n) is 9.60. The van der Waals surface area contributed by atoms with Gasteiger partial charge in [0.05, 0.1) is 18.2 Å². The predicted molar refractivity (Wildman–Crippen MR) is 108 cm³/mol. The van der Waals surface area contributed by atoms with E-state index in [9.17, 15) is 9.59 Å². The number of aromatic nitrogens is 5. The van der Waals surface area contributed by atoms with Crippen LogP contribution in [-0.4, -0.2) is 43.6 Å². The van der Waals surface area contributed by atoms with Crippen molar-refractivity contribution >= 4 is 34.0 Å². The van der Waals surface area contributed by atoms with Gasteiger partial charge >= 0.3 is 0 Å². The van der Waals surface area contributed by atoms with Crippen molar-refractivity contribution in [2.75, 3.05) is 16.8 Å². The quantitative estimate of drug-likeness (QED) is 0.670. The van der Waals surface area contributed by atoms with Gasteiger partial charge in [-0.15, -0.1) is 16.4 Å². The molecule has 2 amide bonds. The number of amides is 2. The topological polar surface area (TPSA) is 106 Å². The van der Waals surface area contributed by atoms with E-state index in [1.807, 2.05) is 34.3 Å². The van der Waals surface area contributed by atoms with Crippen LogP contribution in [0.5, 0.6) is 0 Å². The van der Waals surface area contributed by atoms with E-state index in [-0.39, 0.29) is 18.2 Å². The smallest absolute Gasteiger partial charge is 0.230 e. The van der Waals surface area contributed by atoms with Crippen LogP contribution in [0, 0.1) is 0 Å². The van der Waals surface area contributed by atoms with E-state index in [4.69, 9.17) is 0 Å². The summed E-state index contributed by atoms with van der Waals surface area (Å²) in [5.74, 6) is 0.650. The number of benzene rings is 1. The third kappa shape index (κ3) is 3.75.